The van der Waals surface area contributed by atoms with Crippen molar-refractivity contribution in [2.45, 2.75) is 18.4 Å². The number of halogens is 1. The summed E-state index contributed by atoms with van der Waals surface area (Å²) in [7, 11) is 0. The molecule has 94 valence electrons. The second-order valence-electron chi connectivity index (χ2n) is 3.67. The van der Waals surface area contributed by atoms with Crippen LogP contribution in [0.15, 0.2) is 39.8 Å². The Hall–Kier alpha value is -1.27. The molecule has 6 heteroatoms. The van der Waals surface area contributed by atoms with Crippen LogP contribution in [0.5, 0.6) is 0 Å². The molecule has 0 aliphatic carbocycles. The summed E-state index contributed by atoms with van der Waals surface area (Å²) < 4.78 is 2.48. The molecule has 0 fully saturated rings. The zero-order chi connectivity index (χ0) is 13.1. The molecule has 0 aliphatic heterocycles. The Balaban J connectivity index is 2.19. The van der Waals surface area contributed by atoms with Crippen molar-refractivity contribution in [3.63, 3.8) is 0 Å². The molecule has 0 radical (unpaired) electrons. The van der Waals surface area contributed by atoms with Gasteiger partial charge in [-0.05, 0) is 41.1 Å². The van der Waals surface area contributed by atoms with Crippen molar-refractivity contribution in [2.75, 3.05) is 5.32 Å². The summed E-state index contributed by atoms with van der Waals surface area (Å²) in [4.78, 5) is 12.8. The van der Waals surface area contributed by atoms with E-state index in [-0.39, 0.29) is 5.91 Å². The van der Waals surface area contributed by atoms with Crippen molar-refractivity contribution in [3.05, 3.63) is 40.5 Å². The maximum atomic E-state index is 12.1. The van der Waals surface area contributed by atoms with Crippen LogP contribution in [-0.4, -0.2) is 15.7 Å². The Labute approximate surface area is 119 Å². The zero-order valence-electron chi connectivity index (χ0n) is 9.72. The molecule has 0 saturated heterocycles. The minimum absolute atomic E-state index is 0.209. The van der Waals surface area contributed by atoms with E-state index in [9.17, 15) is 4.79 Å². The van der Waals surface area contributed by atoms with E-state index in [1.54, 1.807) is 22.9 Å². The highest BCUT2D eigenvalue weighted by Crippen LogP contribution is 2.21. The van der Waals surface area contributed by atoms with Gasteiger partial charge in [0, 0.05) is 28.2 Å². The topological polar surface area (TPSA) is 46.9 Å². The number of aryl methyl sites for hydroxylation is 1. The molecule has 0 atom stereocenters. The first-order chi connectivity index (χ1) is 8.60. The van der Waals surface area contributed by atoms with Crippen LogP contribution in [-0.2, 0) is 6.54 Å². The second kappa shape index (κ2) is 5.58. The average molecular weight is 326 g/mol. The van der Waals surface area contributed by atoms with Gasteiger partial charge < -0.3 is 5.32 Å². The first kappa shape index (κ1) is 13.2. The fourth-order valence-corrected chi connectivity index (χ4v) is 2.11. The second-order valence-corrected chi connectivity index (χ2v) is 5.05. The van der Waals surface area contributed by atoms with Gasteiger partial charge in [-0.1, -0.05) is 0 Å². The van der Waals surface area contributed by atoms with E-state index in [1.807, 2.05) is 19.2 Å². The number of carbonyl (C=O) groups excluding carboxylic acids is 1. The number of rotatable bonds is 3. The van der Waals surface area contributed by atoms with Gasteiger partial charge in [0.25, 0.3) is 5.91 Å². The maximum absolute atomic E-state index is 12.1. The van der Waals surface area contributed by atoms with Crippen molar-refractivity contribution in [2.24, 2.45) is 0 Å². The summed E-state index contributed by atoms with van der Waals surface area (Å²) in [6, 6.07) is 7.08. The summed E-state index contributed by atoms with van der Waals surface area (Å²) in [5.41, 5.74) is 0.536. The van der Waals surface area contributed by atoms with Gasteiger partial charge in [-0.2, -0.15) is 5.10 Å². The molecule has 2 rings (SSSR count). The Bertz CT molecular complexity index is 582. The van der Waals surface area contributed by atoms with Crippen LogP contribution in [0.4, 0.5) is 5.82 Å². The van der Waals surface area contributed by atoms with Gasteiger partial charge in [0.05, 0.1) is 5.56 Å². The van der Waals surface area contributed by atoms with Crippen LogP contribution in [0.3, 0.4) is 0 Å². The van der Waals surface area contributed by atoms with E-state index >= 15 is 0 Å². The average Bonchev–Trinajstić information content (AvgIpc) is 2.80. The van der Waals surface area contributed by atoms with Crippen molar-refractivity contribution in [1.82, 2.24) is 9.78 Å². The van der Waals surface area contributed by atoms with Gasteiger partial charge in [0.2, 0.25) is 0 Å². The van der Waals surface area contributed by atoms with Crippen LogP contribution >= 0.6 is 28.6 Å². The number of hydrogen-bond acceptors (Lipinski definition) is 3. The minimum Gasteiger partial charge on any atom is -0.305 e. The smallest absolute Gasteiger partial charge is 0.258 e. The van der Waals surface area contributed by atoms with Gasteiger partial charge in [0.15, 0.2) is 5.82 Å². The fourth-order valence-electron chi connectivity index (χ4n) is 1.48. The lowest BCUT2D eigenvalue weighted by Gasteiger charge is -2.05. The number of amides is 1. The maximum Gasteiger partial charge on any atom is 0.258 e. The molecule has 2 aromatic rings. The van der Waals surface area contributed by atoms with Crippen LogP contribution < -0.4 is 5.32 Å². The van der Waals surface area contributed by atoms with E-state index in [4.69, 9.17) is 0 Å². The minimum atomic E-state index is -0.209. The van der Waals surface area contributed by atoms with Gasteiger partial charge >= 0.3 is 0 Å². The van der Waals surface area contributed by atoms with E-state index in [0.29, 0.717) is 11.4 Å². The third kappa shape index (κ3) is 2.94. The molecule has 1 N–H and O–H groups in total. The quantitative estimate of drug-likeness (QED) is 0.851. The third-order valence-corrected chi connectivity index (χ3v) is 3.37. The summed E-state index contributed by atoms with van der Waals surface area (Å²) >= 11 is 7.56. The molecule has 1 aromatic carbocycles. The normalized spacial score (nSPS) is 10.4. The first-order valence-corrected chi connectivity index (χ1v) is 6.67. The van der Waals surface area contributed by atoms with E-state index in [1.165, 1.54) is 0 Å². The van der Waals surface area contributed by atoms with Gasteiger partial charge in [-0.3, -0.25) is 9.48 Å². The summed E-state index contributed by atoms with van der Waals surface area (Å²) in [6.45, 7) is 2.76. The van der Waals surface area contributed by atoms with E-state index < -0.39 is 0 Å². The predicted molar refractivity (Wildman–Crippen MR) is 77.2 cm³/mol. The standard InChI is InChI=1S/C12H12BrN3OS/c1-2-16-6-5-11(15-16)14-12(17)9-7-8(18)3-4-10(9)13/h3-7,18H,2H2,1H3,(H,14,15,17). The monoisotopic (exact) mass is 325 g/mol. The summed E-state index contributed by atoms with van der Waals surface area (Å²) in [5, 5.41) is 6.94. The number of aromatic nitrogens is 2. The highest BCUT2D eigenvalue weighted by Gasteiger charge is 2.11. The van der Waals surface area contributed by atoms with Crippen molar-refractivity contribution < 1.29 is 4.79 Å². The lowest BCUT2D eigenvalue weighted by Crippen LogP contribution is -2.13. The Morgan fingerprint density at radius 2 is 2.28 bits per heavy atom. The SMILES string of the molecule is CCn1ccc(NC(=O)c2cc(S)ccc2Br)n1. The predicted octanol–water partition coefficient (Wildman–Crippen LogP) is 3.21. The van der Waals surface area contributed by atoms with E-state index in [2.05, 4.69) is 39.0 Å². The van der Waals surface area contributed by atoms with Crippen LogP contribution in [0.1, 0.15) is 17.3 Å². The molecular formula is C12H12BrN3OS. The molecular weight excluding hydrogens is 314 g/mol. The van der Waals surface area contributed by atoms with Crippen molar-refractivity contribution >= 4 is 40.3 Å². The van der Waals surface area contributed by atoms with Crippen LogP contribution in [0.25, 0.3) is 0 Å². The summed E-state index contributed by atoms with van der Waals surface area (Å²) in [6.07, 6.45) is 1.82. The molecule has 1 aromatic heterocycles. The molecule has 0 unspecified atom stereocenters. The molecule has 0 saturated carbocycles. The van der Waals surface area contributed by atoms with Gasteiger partial charge in [-0.15, -0.1) is 12.6 Å². The number of thiol groups is 1. The molecule has 1 heterocycles. The number of nitrogens with one attached hydrogen (secondary N) is 1. The number of anilines is 1. The number of benzene rings is 1. The molecule has 0 aliphatic rings. The summed E-state index contributed by atoms with van der Waals surface area (Å²) in [5.74, 6) is 0.331. The Morgan fingerprint density at radius 3 is 2.94 bits per heavy atom. The van der Waals surface area contributed by atoms with Crippen LogP contribution in [0, 0.1) is 0 Å². The Morgan fingerprint density at radius 1 is 1.50 bits per heavy atom. The largest absolute Gasteiger partial charge is 0.305 e. The highest BCUT2D eigenvalue weighted by atomic mass is 79.9. The lowest BCUT2D eigenvalue weighted by atomic mass is 10.2. The zero-order valence-corrected chi connectivity index (χ0v) is 12.2. The Kier molecular flexibility index (Phi) is 4.08. The fraction of sp³-hybridized carbons (Fsp3) is 0.167. The molecule has 0 bridgehead atoms. The molecule has 4 nitrogen and oxygen atoms in total. The number of hydrogen-bond donors (Lipinski definition) is 2. The molecule has 1 amide bonds. The highest BCUT2D eigenvalue weighted by molar-refractivity contribution is 9.10. The van der Waals surface area contributed by atoms with Gasteiger partial charge in [-0.25, -0.2) is 0 Å². The van der Waals surface area contributed by atoms with Crippen molar-refractivity contribution in [3.8, 4) is 0 Å². The van der Waals surface area contributed by atoms with Crippen LogP contribution in [0.2, 0.25) is 0 Å². The number of carbonyl (C=O) groups is 1. The third-order valence-electron chi connectivity index (χ3n) is 2.40. The lowest BCUT2D eigenvalue weighted by molar-refractivity contribution is 0.102. The molecule has 0 spiro atoms. The van der Waals surface area contributed by atoms with Crippen molar-refractivity contribution in [1.29, 1.82) is 0 Å². The van der Waals surface area contributed by atoms with Gasteiger partial charge in [0.1, 0.15) is 0 Å². The van der Waals surface area contributed by atoms with E-state index in [0.717, 1.165) is 15.9 Å². The first-order valence-electron chi connectivity index (χ1n) is 5.43. The molecule has 18 heavy (non-hydrogen) atoms. The number of nitrogens with zero attached hydrogens (tertiary/aromatic N) is 2.